The van der Waals surface area contributed by atoms with Crippen molar-refractivity contribution in [1.29, 1.82) is 0 Å². The first-order chi connectivity index (χ1) is 8.95. The number of hydrogen-bond donors (Lipinski definition) is 1. The van der Waals surface area contributed by atoms with Gasteiger partial charge in [0, 0.05) is 5.56 Å². The standard InChI is InChI=1S/C14H15F2NO2/c1-4-8-17-14(3,13(18)19-5-2)11-9-10(15)6-7-12(11)16/h1,6-7,9,17H,5,8H2,2-3H3. The van der Waals surface area contributed by atoms with Crippen molar-refractivity contribution in [2.24, 2.45) is 0 Å². The van der Waals surface area contributed by atoms with Crippen LogP contribution < -0.4 is 5.32 Å². The second-order valence-corrected chi connectivity index (χ2v) is 4.03. The minimum Gasteiger partial charge on any atom is -0.464 e. The highest BCUT2D eigenvalue weighted by atomic mass is 19.1. The van der Waals surface area contributed by atoms with Crippen LogP contribution in [0.25, 0.3) is 0 Å². The first-order valence-corrected chi connectivity index (χ1v) is 5.77. The fraction of sp³-hybridized carbons (Fsp3) is 0.357. The van der Waals surface area contributed by atoms with Crippen LogP contribution in [0.5, 0.6) is 0 Å². The SMILES string of the molecule is C#CCNC(C)(C(=O)OCC)c1cc(F)ccc1F. The second kappa shape index (κ2) is 6.30. The Labute approximate surface area is 111 Å². The number of esters is 1. The van der Waals surface area contributed by atoms with Gasteiger partial charge < -0.3 is 4.74 Å². The zero-order valence-electron chi connectivity index (χ0n) is 10.8. The van der Waals surface area contributed by atoms with E-state index in [1.165, 1.54) is 6.92 Å². The number of halogens is 2. The molecule has 1 N–H and O–H groups in total. The van der Waals surface area contributed by atoms with E-state index in [2.05, 4.69) is 11.2 Å². The van der Waals surface area contributed by atoms with Crippen molar-refractivity contribution < 1.29 is 18.3 Å². The van der Waals surface area contributed by atoms with Gasteiger partial charge in [-0.1, -0.05) is 5.92 Å². The van der Waals surface area contributed by atoms with Gasteiger partial charge in [0.1, 0.15) is 17.2 Å². The van der Waals surface area contributed by atoms with Gasteiger partial charge in [-0.2, -0.15) is 0 Å². The molecule has 0 heterocycles. The Morgan fingerprint density at radius 1 is 1.53 bits per heavy atom. The van der Waals surface area contributed by atoms with E-state index in [0.717, 1.165) is 18.2 Å². The number of carbonyl (C=O) groups is 1. The molecule has 0 bridgehead atoms. The van der Waals surface area contributed by atoms with E-state index in [4.69, 9.17) is 11.2 Å². The molecule has 3 nitrogen and oxygen atoms in total. The molecule has 0 aliphatic carbocycles. The average molecular weight is 267 g/mol. The maximum absolute atomic E-state index is 13.8. The maximum atomic E-state index is 13.8. The van der Waals surface area contributed by atoms with Gasteiger partial charge in [-0.15, -0.1) is 6.42 Å². The quantitative estimate of drug-likeness (QED) is 0.654. The normalized spacial score (nSPS) is 13.4. The van der Waals surface area contributed by atoms with Crippen LogP contribution in [0, 0.1) is 24.0 Å². The zero-order valence-corrected chi connectivity index (χ0v) is 10.8. The largest absolute Gasteiger partial charge is 0.464 e. The molecule has 0 amide bonds. The lowest BCUT2D eigenvalue weighted by molar-refractivity contribution is -0.151. The molecule has 0 radical (unpaired) electrons. The summed E-state index contributed by atoms with van der Waals surface area (Å²) in [6, 6.07) is 2.89. The summed E-state index contributed by atoms with van der Waals surface area (Å²) in [7, 11) is 0. The minimum atomic E-state index is -1.53. The van der Waals surface area contributed by atoms with Crippen molar-refractivity contribution in [3.63, 3.8) is 0 Å². The van der Waals surface area contributed by atoms with Crippen molar-refractivity contribution >= 4 is 5.97 Å². The lowest BCUT2D eigenvalue weighted by atomic mass is 9.91. The molecule has 19 heavy (non-hydrogen) atoms. The summed E-state index contributed by atoms with van der Waals surface area (Å²) in [5, 5.41) is 2.70. The first-order valence-electron chi connectivity index (χ1n) is 5.77. The van der Waals surface area contributed by atoms with E-state index in [1.807, 2.05) is 0 Å². The van der Waals surface area contributed by atoms with E-state index in [1.54, 1.807) is 6.92 Å². The fourth-order valence-electron chi connectivity index (χ4n) is 1.66. The molecule has 1 atom stereocenters. The number of rotatable bonds is 5. The molecule has 0 saturated heterocycles. The van der Waals surface area contributed by atoms with Crippen LogP contribution in [0.1, 0.15) is 19.4 Å². The number of nitrogens with one attached hydrogen (secondary N) is 1. The molecule has 5 heteroatoms. The van der Waals surface area contributed by atoms with Crippen LogP contribution in [0.2, 0.25) is 0 Å². The molecule has 1 aromatic carbocycles. The molecule has 0 fully saturated rings. The number of carbonyl (C=O) groups excluding carboxylic acids is 1. The highest BCUT2D eigenvalue weighted by molar-refractivity contribution is 5.82. The number of hydrogen-bond acceptors (Lipinski definition) is 3. The van der Waals surface area contributed by atoms with Gasteiger partial charge in [0.2, 0.25) is 0 Å². The predicted molar refractivity (Wildman–Crippen MR) is 67.2 cm³/mol. The van der Waals surface area contributed by atoms with Crippen LogP contribution >= 0.6 is 0 Å². The monoisotopic (exact) mass is 267 g/mol. The molecule has 0 spiro atoms. The minimum absolute atomic E-state index is 0.0191. The molecular weight excluding hydrogens is 252 g/mol. The number of ether oxygens (including phenoxy) is 1. The Kier molecular flexibility index (Phi) is 5.02. The van der Waals surface area contributed by atoms with Crippen LogP contribution in [0.4, 0.5) is 8.78 Å². The van der Waals surface area contributed by atoms with E-state index in [9.17, 15) is 13.6 Å². The molecule has 102 valence electrons. The third-order valence-corrected chi connectivity index (χ3v) is 2.69. The summed E-state index contributed by atoms with van der Waals surface area (Å²) in [6.45, 7) is 3.18. The first kappa shape index (κ1) is 15.1. The van der Waals surface area contributed by atoms with E-state index >= 15 is 0 Å². The molecule has 1 aromatic rings. The Morgan fingerprint density at radius 2 is 2.21 bits per heavy atom. The summed E-state index contributed by atoms with van der Waals surface area (Å²) >= 11 is 0. The van der Waals surface area contributed by atoms with Gasteiger partial charge in [0.25, 0.3) is 0 Å². The molecule has 0 aliphatic heterocycles. The fourth-order valence-corrected chi connectivity index (χ4v) is 1.66. The Morgan fingerprint density at radius 3 is 2.79 bits per heavy atom. The van der Waals surface area contributed by atoms with Crippen LogP contribution in [0.15, 0.2) is 18.2 Å². The highest BCUT2D eigenvalue weighted by Crippen LogP contribution is 2.26. The lowest BCUT2D eigenvalue weighted by Gasteiger charge is -2.28. The molecule has 1 rings (SSSR count). The van der Waals surface area contributed by atoms with Crippen molar-refractivity contribution in [2.45, 2.75) is 19.4 Å². The Bertz CT molecular complexity index is 511. The van der Waals surface area contributed by atoms with E-state index in [0.29, 0.717) is 0 Å². The van der Waals surface area contributed by atoms with Gasteiger partial charge >= 0.3 is 5.97 Å². The van der Waals surface area contributed by atoms with E-state index in [-0.39, 0.29) is 18.7 Å². The van der Waals surface area contributed by atoms with Gasteiger partial charge in [-0.3, -0.25) is 5.32 Å². The van der Waals surface area contributed by atoms with E-state index < -0.39 is 23.1 Å². The third kappa shape index (κ3) is 3.30. The van der Waals surface area contributed by atoms with Crippen molar-refractivity contribution in [3.05, 3.63) is 35.4 Å². The van der Waals surface area contributed by atoms with Crippen molar-refractivity contribution in [2.75, 3.05) is 13.2 Å². The maximum Gasteiger partial charge on any atom is 0.330 e. The molecular formula is C14H15F2NO2. The van der Waals surface area contributed by atoms with Gasteiger partial charge in [0.15, 0.2) is 0 Å². The molecule has 1 unspecified atom stereocenters. The number of benzene rings is 1. The molecule has 0 aliphatic rings. The zero-order chi connectivity index (χ0) is 14.5. The molecule has 0 saturated carbocycles. The molecule has 0 aromatic heterocycles. The van der Waals surface area contributed by atoms with Crippen molar-refractivity contribution in [3.8, 4) is 12.3 Å². The summed E-state index contributed by atoms with van der Waals surface area (Å²) in [5.41, 5.74) is -1.67. The summed E-state index contributed by atoms with van der Waals surface area (Å²) in [5.74, 6) is 0.225. The third-order valence-electron chi connectivity index (χ3n) is 2.69. The number of terminal acetylenes is 1. The second-order valence-electron chi connectivity index (χ2n) is 4.03. The van der Waals surface area contributed by atoms with Crippen LogP contribution in [-0.2, 0) is 15.1 Å². The summed E-state index contributed by atoms with van der Waals surface area (Å²) in [4.78, 5) is 12.0. The van der Waals surface area contributed by atoms with Crippen LogP contribution in [-0.4, -0.2) is 19.1 Å². The summed E-state index contributed by atoms with van der Waals surface area (Å²) < 4.78 is 32.0. The predicted octanol–water partition coefficient (Wildman–Crippen LogP) is 1.97. The smallest absolute Gasteiger partial charge is 0.330 e. The summed E-state index contributed by atoms with van der Waals surface area (Å²) in [6.07, 6.45) is 5.12. The Hall–Kier alpha value is -1.93. The van der Waals surface area contributed by atoms with Gasteiger partial charge in [-0.25, -0.2) is 13.6 Å². The average Bonchev–Trinajstić information content (AvgIpc) is 2.39. The Balaban J connectivity index is 3.26. The van der Waals surface area contributed by atoms with Crippen molar-refractivity contribution in [1.82, 2.24) is 5.32 Å². The van der Waals surface area contributed by atoms with Crippen LogP contribution in [0.3, 0.4) is 0 Å². The lowest BCUT2D eigenvalue weighted by Crippen LogP contribution is -2.48. The highest BCUT2D eigenvalue weighted by Gasteiger charge is 2.38. The van der Waals surface area contributed by atoms with Gasteiger partial charge in [-0.05, 0) is 32.0 Å². The topological polar surface area (TPSA) is 38.3 Å². The van der Waals surface area contributed by atoms with Gasteiger partial charge in [0.05, 0.1) is 13.2 Å².